The molecular formula is C11H11N3O3. The smallest absolute Gasteiger partial charge is 0.305 e. The molecule has 0 saturated carbocycles. The molecule has 6 nitrogen and oxygen atoms in total. The van der Waals surface area contributed by atoms with Crippen molar-refractivity contribution < 1.29 is 14.7 Å². The molecular weight excluding hydrogens is 222 g/mol. The molecule has 0 atom stereocenters. The van der Waals surface area contributed by atoms with Crippen LogP contribution in [0.2, 0.25) is 0 Å². The Kier molecular flexibility index (Phi) is 3.04. The number of nitrogens with one attached hydrogen (secondary N) is 2. The van der Waals surface area contributed by atoms with Crippen molar-refractivity contribution in [3.63, 3.8) is 0 Å². The van der Waals surface area contributed by atoms with E-state index in [9.17, 15) is 9.59 Å². The van der Waals surface area contributed by atoms with Crippen LogP contribution in [0.5, 0.6) is 0 Å². The quantitative estimate of drug-likeness (QED) is 0.726. The Labute approximate surface area is 96.6 Å². The highest BCUT2D eigenvalue weighted by molar-refractivity contribution is 5.97. The third-order valence-electron chi connectivity index (χ3n) is 2.33. The van der Waals surface area contributed by atoms with Gasteiger partial charge in [-0.2, -0.15) is 5.10 Å². The van der Waals surface area contributed by atoms with Crippen LogP contribution in [0.25, 0.3) is 10.9 Å². The maximum Gasteiger partial charge on any atom is 0.305 e. The van der Waals surface area contributed by atoms with Crippen LogP contribution in [0.4, 0.5) is 0 Å². The summed E-state index contributed by atoms with van der Waals surface area (Å²) < 4.78 is 0. The number of benzene rings is 1. The summed E-state index contributed by atoms with van der Waals surface area (Å²) in [6.45, 7) is 0.120. The van der Waals surface area contributed by atoms with E-state index in [4.69, 9.17) is 5.11 Å². The van der Waals surface area contributed by atoms with Crippen LogP contribution in [0, 0.1) is 0 Å². The summed E-state index contributed by atoms with van der Waals surface area (Å²) in [7, 11) is 0. The zero-order valence-electron chi connectivity index (χ0n) is 8.93. The van der Waals surface area contributed by atoms with Crippen LogP contribution in [0.1, 0.15) is 16.8 Å². The normalized spacial score (nSPS) is 10.4. The second-order valence-corrected chi connectivity index (χ2v) is 3.57. The molecule has 2 aromatic rings. The zero-order valence-corrected chi connectivity index (χ0v) is 8.93. The number of aromatic nitrogens is 2. The molecule has 1 amide bonds. The number of carbonyl (C=O) groups is 2. The largest absolute Gasteiger partial charge is 0.481 e. The average molecular weight is 233 g/mol. The highest BCUT2D eigenvalue weighted by Crippen LogP contribution is 2.12. The first-order chi connectivity index (χ1) is 8.16. The van der Waals surface area contributed by atoms with Crippen molar-refractivity contribution in [2.24, 2.45) is 0 Å². The fraction of sp³-hybridized carbons (Fsp3) is 0.182. The summed E-state index contributed by atoms with van der Waals surface area (Å²) in [5.74, 6) is -1.22. The molecule has 0 unspecified atom stereocenters. The Hall–Kier alpha value is -2.37. The van der Waals surface area contributed by atoms with Crippen molar-refractivity contribution in [2.45, 2.75) is 6.42 Å². The number of aromatic amines is 1. The lowest BCUT2D eigenvalue weighted by Crippen LogP contribution is -2.25. The maximum atomic E-state index is 11.7. The van der Waals surface area contributed by atoms with Crippen LogP contribution >= 0.6 is 0 Å². The van der Waals surface area contributed by atoms with Gasteiger partial charge in [-0.1, -0.05) is 6.07 Å². The molecule has 0 radical (unpaired) electrons. The molecule has 17 heavy (non-hydrogen) atoms. The topological polar surface area (TPSA) is 95.1 Å². The summed E-state index contributed by atoms with van der Waals surface area (Å²) in [6.07, 6.45) is 1.58. The number of rotatable bonds is 4. The van der Waals surface area contributed by atoms with E-state index in [1.165, 1.54) is 0 Å². The van der Waals surface area contributed by atoms with E-state index in [1.54, 1.807) is 24.4 Å². The van der Waals surface area contributed by atoms with Crippen molar-refractivity contribution in [1.82, 2.24) is 15.5 Å². The molecule has 1 aromatic heterocycles. The second kappa shape index (κ2) is 4.65. The molecule has 0 aliphatic heterocycles. The van der Waals surface area contributed by atoms with E-state index < -0.39 is 5.97 Å². The van der Waals surface area contributed by atoms with Crippen LogP contribution < -0.4 is 5.32 Å². The van der Waals surface area contributed by atoms with Crippen molar-refractivity contribution in [3.05, 3.63) is 30.0 Å². The van der Waals surface area contributed by atoms with Gasteiger partial charge in [0.1, 0.15) is 0 Å². The second-order valence-electron chi connectivity index (χ2n) is 3.57. The van der Waals surface area contributed by atoms with Crippen LogP contribution in [0.15, 0.2) is 24.4 Å². The van der Waals surface area contributed by atoms with Crippen LogP contribution in [-0.4, -0.2) is 33.7 Å². The number of carbonyl (C=O) groups excluding carboxylic acids is 1. The summed E-state index contributed by atoms with van der Waals surface area (Å²) in [5.41, 5.74) is 1.25. The van der Waals surface area contributed by atoms with E-state index in [-0.39, 0.29) is 18.9 Å². The lowest BCUT2D eigenvalue weighted by Gasteiger charge is -2.03. The van der Waals surface area contributed by atoms with Crippen molar-refractivity contribution in [2.75, 3.05) is 6.54 Å². The minimum atomic E-state index is -0.936. The molecule has 0 spiro atoms. The Morgan fingerprint density at radius 2 is 2.24 bits per heavy atom. The Bertz CT molecular complexity index is 562. The van der Waals surface area contributed by atoms with Crippen molar-refractivity contribution in [3.8, 4) is 0 Å². The van der Waals surface area contributed by atoms with Crippen LogP contribution in [0.3, 0.4) is 0 Å². The van der Waals surface area contributed by atoms with E-state index in [2.05, 4.69) is 15.5 Å². The standard InChI is InChI=1S/C11H11N3O3/c15-10(16)3-4-12-11(17)7-1-2-8-6-13-14-9(8)5-7/h1-2,5-6H,3-4H2,(H,12,17)(H,13,14)(H,15,16). The lowest BCUT2D eigenvalue weighted by molar-refractivity contribution is -0.136. The monoisotopic (exact) mass is 233 g/mol. The fourth-order valence-electron chi connectivity index (χ4n) is 1.46. The first-order valence-corrected chi connectivity index (χ1v) is 5.10. The number of carboxylic acid groups (broad SMARTS) is 1. The van der Waals surface area contributed by atoms with Gasteiger partial charge >= 0.3 is 5.97 Å². The van der Waals surface area contributed by atoms with Crippen LogP contribution in [-0.2, 0) is 4.79 Å². The van der Waals surface area contributed by atoms with Gasteiger partial charge in [0.05, 0.1) is 18.1 Å². The predicted octanol–water partition coefficient (Wildman–Crippen LogP) is 0.767. The minimum Gasteiger partial charge on any atom is -0.481 e. The van der Waals surface area contributed by atoms with Gasteiger partial charge in [0.2, 0.25) is 0 Å². The number of H-pyrrole nitrogens is 1. The van der Waals surface area contributed by atoms with Gasteiger partial charge in [-0.15, -0.1) is 0 Å². The first kappa shape index (κ1) is 11.1. The van der Waals surface area contributed by atoms with Gasteiger partial charge in [0, 0.05) is 17.5 Å². The minimum absolute atomic E-state index is 0.0853. The summed E-state index contributed by atoms with van der Waals surface area (Å²) >= 11 is 0. The predicted molar refractivity (Wildman–Crippen MR) is 60.7 cm³/mol. The Morgan fingerprint density at radius 1 is 1.41 bits per heavy atom. The maximum absolute atomic E-state index is 11.7. The molecule has 0 bridgehead atoms. The SMILES string of the molecule is O=C(O)CCNC(=O)c1ccc2cn[nH]c2c1. The molecule has 0 fully saturated rings. The number of hydrogen-bond donors (Lipinski definition) is 3. The fourth-order valence-corrected chi connectivity index (χ4v) is 1.46. The third-order valence-corrected chi connectivity index (χ3v) is 2.33. The number of nitrogens with zero attached hydrogens (tertiary/aromatic N) is 1. The number of amides is 1. The first-order valence-electron chi connectivity index (χ1n) is 5.10. The van der Waals surface area contributed by atoms with E-state index >= 15 is 0 Å². The van der Waals surface area contributed by atoms with E-state index in [0.29, 0.717) is 5.56 Å². The molecule has 1 heterocycles. The Morgan fingerprint density at radius 3 is 3.00 bits per heavy atom. The van der Waals surface area contributed by atoms with Gasteiger partial charge in [-0.25, -0.2) is 0 Å². The highest BCUT2D eigenvalue weighted by atomic mass is 16.4. The lowest BCUT2D eigenvalue weighted by atomic mass is 10.1. The molecule has 1 aromatic carbocycles. The molecule has 0 aliphatic carbocycles. The number of hydrogen-bond acceptors (Lipinski definition) is 3. The van der Waals surface area contributed by atoms with Crippen molar-refractivity contribution in [1.29, 1.82) is 0 Å². The summed E-state index contributed by atoms with van der Waals surface area (Å²) in [5, 5.41) is 18.5. The van der Waals surface area contributed by atoms with Gasteiger partial charge in [0.25, 0.3) is 5.91 Å². The van der Waals surface area contributed by atoms with Gasteiger partial charge < -0.3 is 10.4 Å². The molecule has 3 N–H and O–H groups in total. The zero-order chi connectivity index (χ0) is 12.3. The average Bonchev–Trinajstić information content (AvgIpc) is 2.75. The highest BCUT2D eigenvalue weighted by Gasteiger charge is 2.07. The summed E-state index contributed by atoms with van der Waals surface area (Å²) in [4.78, 5) is 21.9. The molecule has 2 rings (SSSR count). The van der Waals surface area contributed by atoms with Gasteiger partial charge in [-0.05, 0) is 12.1 Å². The molecule has 0 saturated heterocycles. The van der Waals surface area contributed by atoms with E-state index in [1.807, 2.05) is 0 Å². The third kappa shape index (κ3) is 2.60. The van der Waals surface area contributed by atoms with Gasteiger partial charge in [0.15, 0.2) is 0 Å². The number of aliphatic carboxylic acids is 1. The van der Waals surface area contributed by atoms with Gasteiger partial charge in [-0.3, -0.25) is 14.7 Å². The molecule has 6 heteroatoms. The molecule has 88 valence electrons. The number of fused-ring (bicyclic) bond motifs is 1. The Balaban J connectivity index is 2.05. The van der Waals surface area contributed by atoms with Crippen molar-refractivity contribution >= 4 is 22.8 Å². The molecule has 0 aliphatic rings. The van der Waals surface area contributed by atoms with E-state index in [0.717, 1.165) is 10.9 Å². The number of carboxylic acids is 1. The summed E-state index contributed by atoms with van der Waals surface area (Å²) in [6, 6.07) is 5.14.